The van der Waals surface area contributed by atoms with Crippen LogP contribution in [0.3, 0.4) is 0 Å². The second-order valence-electron chi connectivity index (χ2n) is 5.32. The van der Waals surface area contributed by atoms with Gasteiger partial charge in [0.15, 0.2) is 0 Å². The molecular formula is C17H15FN4OS. The average Bonchev–Trinajstić information content (AvgIpc) is 3.01. The number of pyridine rings is 1. The number of aromatic nitrogens is 3. The maximum atomic E-state index is 13.7. The molecule has 24 heavy (non-hydrogen) atoms. The monoisotopic (exact) mass is 342 g/mol. The molecule has 0 saturated carbocycles. The van der Waals surface area contributed by atoms with E-state index in [9.17, 15) is 9.18 Å². The minimum Gasteiger partial charge on any atom is -0.328 e. The lowest BCUT2D eigenvalue weighted by molar-refractivity contribution is 0.0756. The first kappa shape index (κ1) is 16.2. The minimum absolute atomic E-state index is 0.220. The fourth-order valence-electron chi connectivity index (χ4n) is 2.51. The van der Waals surface area contributed by atoms with Crippen molar-refractivity contribution in [3.05, 3.63) is 76.3 Å². The van der Waals surface area contributed by atoms with Crippen LogP contribution in [-0.2, 0) is 0 Å². The standard InChI is InChI=1S/C17H15FN4OS/c1-11-16(24-21-20-11)17(23)22(2)15(14-8-3-4-9-19-14)12-6-5-7-13(18)10-12/h3-10,15H,1-2H3/t15-/m0/s1. The summed E-state index contributed by atoms with van der Waals surface area (Å²) in [6.45, 7) is 1.74. The van der Waals surface area contributed by atoms with Crippen LogP contribution in [0, 0.1) is 12.7 Å². The fourth-order valence-corrected chi connectivity index (χ4v) is 3.15. The van der Waals surface area contributed by atoms with Crippen molar-refractivity contribution in [2.45, 2.75) is 13.0 Å². The molecule has 3 aromatic rings. The number of benzene rings is 1. The van der Waals surface area contributed by atoms with Gasteiger partial charge in [0.05, 0.1) is 17.4 Å². The van der Waals surface area contributed by atoms with Gasteiger partial charge < -0.3 is 4.90 Å². The summed E-state index contributed by atoms with van der Waals surface area (Å²) >= 11 is 1.05. The van der Waals surface area contributed by atoms with Crippen LogP contribution in [0.15, 0.2) is 48.7 Å². The van der Waals surface area contributed by atoms with E-state index in [1.165, 1.54) is 12.1 Å². The number of nitrogens with zero attached hydrogens (tertiary/aromatic N) is 4. The van der Waals surface area contributed by atoms with E-state index >= 15 is 0 Å². The van der Waals surface area contributed by atoms with Crippen LogP contribution in [0.4, 0.5) is 4.39 Å². The number of hydrogen-bond acceptors (Lipinski definition) is 5. The highest BCUT2D eigenvalue weighted by molar-refractivity contribution is 7.07. The highest BCUT2D eigenvalue weighted by atomic mass is 32.1. The molecule has 5 nitrogen and oxygen atoms in total. The first-order chi connectivity index (χ1) is 11.6. The van der Waals surface area contributed by atoms with Crippen molar-refractivity contribution in [2.75, 3.05) is 7.05 Å². The van der Waals surface area contributed by atoms with Crippen molar-refractivity contribution in [3.8, 4) is 0 Å². The first-order valence-electron chi connectivity index (χ1n) is 7.30. The van der Waals surface area contributed by atoms with Gasteiger partial charge in [0.2, 0.25) is 0 Å². The molecule has 0 radical (unpaired) electrons. The summed E-state index contributed by atoms with van der Waals surface area (Å²) in [5.74, 6) is -0.577. The van der Waals surface area contributed by atoms with Gasteiger partial charge in [0.25, 0.3) is 5.91 Å². The molecule has 0 spiro atoms. The van der Waals surface area contributed by atoms with E-state index in [0.717, 1.165) is 11.5 Å². The van der Waals surface area contributed by atoms with E-state index in [2.05, 4.69) is 14.6 Å². The van der Waals surface area contributed by atoms with Gasteiger partial charge in [-0.05, 0) is 48.3 Å². The second kappa shape index (κ2) is 6.84. The van der Waals surface area contributed by atoms with Crippen molar-refractivity contribution in [1.29, 1.82) is 0 Å². The maximum Gasteiger partial charge on any atom is 0.268 e. The molecule has 1 aromatic carbocycles. The third kappa shape index (κ3) is 3.16. The van der Waals surface area contributed by atoms with Crippen LogP contribution in [-0.4, -0.2) is 32.4 Å². The molecule has 1 amide bonds. The molecule has 0 aliphatic heterocycles. The lowest BCUT2D eigenvalue weighted by atomic mass is 10.0. The van der Waals surface area contributed by atoms with E-state index in [4.69, 9.17) is 0 Å². The van der Waals surface area contributed by atoms with Crippen molar-refractivity contribution >= 4 is 17.4 Å². The molecule has 0 aliphatic carbocycles. The van der Waals surface area contributed by atoms with E-state index in [1.54, 1.807) is 43.3 Å². The molecule has 122 valence electrons. The SMILES string of the molecule is Cc1nnsc1C(=O)N(C)[C@@H](c1cccc(F)c1)c1ccccn1. The second-order valence-corrected chi connectivity index (χ2v) is 6.07. The van der Waals surface area contributed by atoms with Gasteiger partial charge in [-0.3, -0.25) is 9.78 Å². The van der Waals surface area contributed by atoms with Crippen molar-refractivity contribution in [2.24, 2.45) is 0 Å². The zero-order valence-corrected chi connectivity index (χ0v) is 14.0. The van der Waals surface area contributed by atoms with Crippen LogP contribution >= 0.6 is 11.5 Å². The average molecular weight is 342 g/mol. The van der Waals surface area contributed by atoms with Crippen molar-refractivity contribution in [1.82, 2.24) is 19.5 Å². The number of hydrogen-bond donors (Lipinski definition) is 0. The molecule has 3 rings (SSSR count). The van der Waals surface area contributed by atoms with Gasteiger partial charge in [0.1, 0.15) is 10.7 Å². The summed E-state index contributed by atoms with van der Waals surface area (Å²) in [5, 5.41) is 3.88. The topological polar surface area (TPSA) is 59.0 Å². The number of rotatable bonds is 4. The number of aryl methyl sites for hydroxylation is 1. The van der Waals surface area contributed by atoms with Gasteiger partial charge in [-0.2, -0.15) is 0 Å². The normalized spacial score (nSPS) is 12.0. The zero-order valence-electron chi connectivity index (χ0n) is 13.2. The van der Waals surface area contributed by atoms with E-state index in [0.29, 0.717) is 21.8 Å². The summed E-state index contributed by atoms with van der Waals surface area (Å²) in [5.41, 5.74) is 1.89. The summed E-state index contributed by atoms with van der Waals surface area (Å²) in [6, 6.07) is 11.1. The van der Waals surface area contributed by atoms with Crippen LogP contribution in [0.2, 0.25) is 0 Å². The molecule has 0 fully saturated rings. The Hall–Kier alpha value is -2.67. The summed E-state index contributed by atoms with van der Waals surface area (Å²) < 4.78 is 17.5. The largest absolute Gasteiger partial charge is 0.328 e. The van der Waals surface area contributed by atoms with Crippen LogP contribution in [0.1, 0.15) is 32.7 Å². The Balaban J connectivity index is 2.05. The lowest BCUT2D eigenvalue weighted by Crippen LogP contribution is -2.32. The predicted octanol–water partition coefficient (Wildman–Crippen LogP) is 3.24. The van der Waals surface area contributed by atoms with Gasteiger partial charge in [0, 0.05) is 13.2 Å². The zero-order chi connectivity index (χ0) is 17.1. The van der Waals surface area contributed by atoms with Crippen LogP contribution < -0.4 is 0 Å². The molecule has 2 aromatic heterocycles. The fraction of sp³-hybridized carbons (Fsp3) is 0.176. The first-order valence-corrected chi connectivity index (χ1v) is 8.08. The highest BCUT2D eigenvalue weighted by Crippen LogP contribution is 2.28. The molecule has 1 atom stereocenters. The van der Waals surface area contributed by atoms with E-state index < -0.39 is 6.04 Å². The number of carbonyl (C=O) groups is 1. The summed E-state index contributed by atoms with van der Waals surface area (Å²) in [6.07, 6.45) is 1.65. The molecule has 0 bridgehead atoms. The minimum atomic E-state index is -0.504. The molecule has 2 heterocycles. The van der Waals surface area contributed by atoms with Crippen molar-refractivity contribution < 1.29 is 9.18 Å². The Morgan fingerprint density at radius 2 is 2.08 bits per heavy atom. The highest BCUT2D eigenvalue weighted by Gasteiger charge is 2.28. The Morgan fingerprint density at radius 1 is 1.25 bits per heavy atom. The third-order valence-electron chi connectivity index (χ3n) is 3.69. The third-order valence-corrected chi connectivity index (χ3v) is 4.50. The Morgan fingerprint density at radius 3 is 2.71 bits per heavy atom. The van der Waals surface area contributed by atoms with Crippen LogP contribution in [0.5, 0.6) is 0 Å². The summed E-state index contributed by atoms with van der Waals surface area (Å²) in [4.78, 5) is 19.2. The van der Waals surface area contributed by atoms with Gasteiger partial charge >= 0.3 is 0 Å². The molecule has 7 heteroatoms. The lowest BCUT2D eigenvalue weighted by Gasteiger charge is -2.28. The Labute approximate surface area is 143 Å². The predicted molar refractivity (Wildman–Crippen MR) is 89.2 cm³/mol. The molecule has 0 saturated heterocycles. The van der Waals surface area contributed by atoms with Crippen LogP contribution in [0.25, 0.3) is 0 Å². The number of halogens is 1. The Bertz CT molecular complexity index is 853. The van der Waals surface area contributed by atoms with E-state index in [-0.39, 0.29) is 11.7 Å². The number of amides is 1. The van der Waals surface area contributed by atoms with Crippen molar-refractivity contribution in [3.63, 3.8) is 0 Å². The Kier molecular flexibility index (Phi) is 4.61. The molecule has 0 unspecified atom stereocenters. The van der Waals surface area contributed by atoms with Gasteiger partial charge in [-0.15, -0.1) is 5.10 Å². The smallest absolute Gasteiger partial charge is 0.268 e. The quantitative estimate of drug-likeness (QED) is 0.730. The van der Waals surface area contributed by atoms with E-state index in [1.807, 2.05) is 12.1 Å². The number of carbonyl (C=O) groups excluding carboxylic acids is 1. The molecule has 0 aliphatic rings. The maximum absolute atomic E-state index is 13.7. The summed E-state index contributed by atoms with van der Waals surface area (Å²) in [7, 11) is 1.67. The van der Waals surface area contributed by atoms with Gasteiger partial charge in [-0.25, -0.2) is 4.39 Å². The molecule has 0 N–H and O–H groups in total. The molecular weight excluding hydrogens is 327 g/mol. The van der Waals surface area contributed by atoms with Gasteiger partial charge in [-0.1, -0.05) is 22.7 Å².